The van der Waals surface area contributed by atoms with E-state index in [-0.39, 0.29) is 5.91 Å². The van der Waals surface area contributed by atoms with E-state index in [1.165, 1.54) is 6.42 Å². The Kier molecular flexibility index (Phi) is 3.20. The Morgan fingerprint density at radius 1 is 1.24 bits per heavy atom. The van der Waals surface area contributed by atoms with Crippen LogP contribution in [0.2, 0.25) is 0 Å². The van der Waals surface area contributed by atoms with Gasteiger partial charge in [0.25, 0.3) is 5.91 Å². The normalized spacial score (nSPS) is 22.3. The van der Waals surface area contributed by atoms with Crippen LogP contribution in [0.3, 0.4) is 0 Å². The van der Waals surface area contributed by atoms with Gasteiger partial charge >= 0.3 is 0 Å². The van der Waals surface area contributed by atoms with E-state index in [0.29, 0.717) is 35.5 Å². The topological polar surface area (TPSA) is 75.0 Å². The lowest BCUT2D eigenvalue weighted by atomic mass is 10.1. The molecule has 0 bridgehead atoms. The molecule has 25 heavy (non-hydrogen) atoms. The maximum atomic E-state index is 13.0. The molecule has 2 aromatic heterocycles. The monoisotopic (exact) mass is 336 g/mol. The molecule has 2 fully saturated rings. The molecular formula is C19H20N4O2. The van der Waals surface area contributed by atoms with Gasteiger partial charge in [0, 0.05) is 17.5 Å². The molecule has 1 aromatic carbocycles. The fourth-order valence-electron chi connectivity index (χ4n) is 3.46. The summed E-state index contributed by atoms with van der Waals surface area (Å²) < 4.78 is 6.01. The number of aromatic nitrogens is 3. The first-order valence-electron chi connectivity index (χ1n) is 8.89. The number of benzene rings is 1. The Morgan fingerprint density at radius 2 is 2.04 bits per heavy atom. The van der Waals surface area contributed by atoms with Crippen LogP contribution >= 0.6 is 0 Å². The zero-order chi connectivity index (χ0) is 17.0. The Bertz CT molecular complexity index is 940. The zero-order valence-electron chi connectivity index (χ0n) is 14.1. The number of fused-ring (bicyclic) bond motifs is 1. The molecular weight excluding hydrogens is 316 g/mol. The molecule has 1 N–H and O–H groups in total. The first kappa shape index (κ1) is 14.7. The van der Waals surface area contributed by atoms with Crippen LogP contribution in [0.25, 0.3) is 11.0 Å². The van der Waals surface area contributed by atoms with Gasteiger partial charge in [-0.05, 0) is 55.5 Å². The van der Waals surface area contributed by atoms with Gasteiger partial charge in [0.2, 0.25) is 0 Å². The molecule has 0 aliphatic heterocycles. The SMILES string of the molecule is CC1CC1c1ccc(CN(C(=O)c2ccc3n[nH]nc3c2)C2CC2)o1. The molecule has 5 rings (SSSR count). The van der Waals surface area contributed by atoms with Crippen molar-refractivity contribution >= 4 is 16.9 Å². The minimum atomic E-state index is 0.0325. The summed E-state index contributed by atoms with van der Waals surface area (Å²) in [5.74, 6) is 3.25. The van der Waals surface area contributed by atoms with Gasteiger partial charge in [-0.3, -0.25) is 4.79 Å². The number of furan rings is 1. The second-order valence-electron chi connectivity index (χ2n) is 7.31. The number of hydrogen-bond donors (Lipinski definition) is 1. The van der Waals surface area contributed by atoms with Gasteiger partial charge in [0.15, 0.2) is 0 Å². The summed E-state index contributed by atoms with van der Waals surface area (Å²) in [6, 6.07) is 9.85. The van der Waals surface area contributed by atoms with Crippen LogP contribution in [0.15, 0.2) is 34.7 Å². The minimum absolute atomic E-state index is 0.0325. The first-order valence-corrected chi connectivity index (χ1v) is 8.89. The van der Waals surface area contributed by atoms with Crippen molar-refractivity contribution in [2.24, 2.45) is 5.92 Å². The predicted octanol–water partition coefficient (Wildman–Crippen LogP) is 3.48. The summed E-state index contributed by atoms with van der Waals surface area (Å²) in [5, 5.41) is 10.7. The molecule has 2 unspecified atom stereocenters. The number of hydrogen-bond acceptors (Lipinski definition) is 4. The maximum Gasteiger partial charge on any atom is 0.254 e. The summed E-state index contributed by atoms with van der Waals surface area (Å²) in [7, 11) is 0. The van der Waals surface area contributed by atoms with Gasteiger partial charge in [-0.1, -0.05) is 6.92 Å². The number of carbonyl (C=O) groups is 1. The van der Waals surface area contributed by atoms with Crippen LogP contribution < -0.4 is 0 Å². The number of carbonyl (C=O) groups excluding carboxylic acids is 1. The number of aromatic amines is 1. The van der Waals surface area contributed by atoms with Gasteiger partial charge in [0.1, 0.15) is 22.6 Å². The van der Waals surface area contributed by atoms with Crippen LogP contribution in [0.5, 0.6) is 0 Å². The third-order valence-corrected chi connectivity index (χ3v) is 5.30. The number of nitrogens with one attached hydrogen (secondary N) is 1. The molecule has 2 atom stereocenters. The summed E-state index contributed by atoms with van der Waals surface area (Å²) in [6.07, 6.45) is 3.33. The number of rotatable bonds is 5. The Balaban J connectivity index is 1.38. The average Bonchev–Trinajstić information content (AvgIpc) is 3.48. The highest BCUT2D eigenvalue weighted by atomic mass is 16.3. The van der Waals surface area contributed by atoms with Crippen molar-refractivity contribution in [2.75, 3.05) is 0 Å². The second-order valence-corrected chi connectivity index (χ2v) is 7.31. The van der Waals surface area contributed by atoms with Crippen LogP contribution in [-0.4, -0.2) is 32.3 Å². The van der Waals surface area contributed by atoms with Gasteiger partial charge in [-0.15, -0.1) is 0 Å². The van der Waals surface area contributed by atoms with Crippen molar-refractivity contribution in [3.63, 3.8) is 0 Å². The number of H-pyrrole nitrogens is 1. The van der Waals surface area contributed by atoms with Gasteiger partial charge < -0.3 is 9.32 Å². The van der Waals surface area contributed by atoms with E-state index in [1.807, 2.05) is 23.1 Å². The van der Waals surface area contributed by atoms with Crippen molar-refractivity contribution in [2.45, 2.75) is 44.7 Å². The zero-order valence-corrected chi connectivity index (χ0v) is 14.1. The Morgan fingerprint density at radius 3 is 2.80 bits per heavy atom. The van der Waals surface area contributed by atoms with Crippen LogP contribution in [0, 0.1) is 5.92 Å². The largest absolute Gasteiger partial charge is 0.464 e. The third-order valence-electron chi connectivity index (χ3n) is 5.30. The lowest BCUT2D eigenvalue weighted by Gasteiger charge is -2.21. The summed E-state index contributed by atoms with van der Waals surface area (Å²) in [6.45, 7) is 2.77. The highest BCUT2D eigenvalue weighted by Crippen LogP contribution is 2.47. The van der Waals surface area contributed by atoms with Crippen molar-refractivity contribution in [1.29, 1.82) is 0 Å². The lowest BCUT2D eigenvalue weighted by Crippen LogP contribution is -2.32. The standard InChI is InChI=1S/C19H20N4O2/c1-11-8-15(11)18-7-5-14(25-18)10-23(13-3-4-13)19(24)12-2-6-16-17(9-12)21-22-20-16/h2,5-7,9,11,13,15H,3-4,8,10H2,1H3,(H,20,21,22). The number of amides is 1. The fourth-order valence-corrected chi connectivity index (χ4v) is 3.46. The first-order chi connectivity index (χ1) is 12.2. The third kappa shape index (κ3) is 2.71. The summed E-state index contributed by atoms with van der Waals surface area (Å²) in [4.78, 5) is 15.0. The average molecular weight is 336 g/mol. The smallest absolute Gasteiger partial charge is 0.254 e. The Labute approximate surface area is 145 Å². The van der Waals surface area contributed by atoms with E-state index in [1.54, 1.807) is 6.07 Å². The van der Waals surface area contributed by atoms with Crippen LogP contribution in [0.4, 0.5) is 0 Å². The molecule has 128 valence electrons. The van der Waals surface area contributed by atoms with E-state index < -0.39 is 0 Å². The molecule has 3 aromatic rings. The van der Waals surface area contributed by atoms with Gasteiger partial charge in [0.05, 0.1) is 6.54 Å². The van der Waals surface area contributed by atoms with E-state index in [9.17, 15) is 4.79 Å². The highest BCUT2D eigenvalue weighted by Gasteiger charge is 2.37. The second kappa shape index (κ2) is 5.44. The van der Waals surface area contributed by atoms with Crippen molar-refractivity contribution < 1.29 is 9.21 Å². The maximum absolute atomic E-state index is 13.0. The highest BCUT2D eigenvalue weighted by molar-refractivity contribution is 5.97. The van der Waals surface area contributed by atoms with Crippen molar-refractivity contribution in [3.05, 3.63) is 47.4 Å². The van der Waals surface area contributed by atoms with E-state index in [2.05, 4.69) is 28.4 Å². The van der Waals surface area contributed by atoms with E-state index in [0.717, 1.165) is 29.9 Å². The van der Waals surface area contributed by atoms with E-state index in [4.69, 9.17) is 4.42 Å². The van der Waals surface area contributed by atoms with Crippen LogP contribution in [-0.2, 0) is 6.54 Å². The molecule has 1 amide bonds. The molecule has 0 saturated heterocycles. The molecule has 0 radical (unpaired) electrons. The van der Waals surface area contributed by atoms with Gasteiger partial charge in [-0.2, -0.15) is 15.4 Å². The molecule has 6 nitrogen and oxygen atoms in total. The lowest BCUT2D eigenvalue weighted by molar-refractivity contribution is 0.0717. The Hall–Kier alpha value is -2.63. The van der Waals surface area contributed by atoms with Crippen molar-refractivity contribution in [1.82, 2.24) is 20.3 Å². The minimum Gasteiger partial charge on any atom is -0.464 e. The number of nitrogens with zero attached hydrogens (tertiary/aromatic N) is 3. The molecule has 2 aliphatic rings. The van der Waals surface area contributed by atoms with E-state index >= 15 is 0 Å². The molecule has 6 heteroatoms. The van der Waals surface area contributed by atoms with Crippen LogP contribution in [0.1, 0.15) is 54.0 Å². The van der Waals surface area contributed by atoms with Gasteiger partial charge in [-0.25, -0.2) is 0 Å². The molecule has 2 aliphatic carbocycles. The van der Waals surface area contributed by atoms with Crippen molar-refractivity contribution in [3.8, 4) is 0 Å². The fraction of sp³-hybridized carbons (Fsp3) is 0.421. The molecule has 2 heterocycles. The molecule has 0 spiro atoms. The summed E-state index contributed by atoms with van der Waals surface area (Å²) >= 11 is 0. The predicted molar refractivity (Wildman–Crippen MR) is 92.0 cm³/mol. The summed E-state index contributed by atoms with van der Waals surface area (Å²) in [5.41, 5.74) is 2.13. The quantitative estimate of drug-likeness (QED) is 0.774. The molecule has 2 saturated carbocycles.